The van der Waals surface area contributed by atoms with Crippen molar-refractivity contribution >= 4 is 11.2 Å². The lowest BCUT2D eigenvalue weighted by Gasteiger charge is -2.19. The van der Waals surface area contributed by atoms with Crippen LogP contribution >= 0.6 is 0 Å². The molecule has 0 amide bonds. The molecule has 1 atom stereocenters. The lowest BCUT2D eigenvalue weighted by molar-refractivity contribution is 0.474. The molecular formula is C24H24N4O2. The van der Waals surface area contributed by atoms with E-state index in [1.165, 1.54) is 4.57 Å². The number of nitrogens with zero attached hydrogens (tertiary/aromatic N) is 4. The highest BCUT2D eigenvalue weighted by Crippen LogP contribution is 2.28. The summed E-state index contributed by atoms with van der Waals surface area (Å²) in [6, 6.07) is 19.3. The topological polar surface area (TPSA) is 61.8 Å². The number of fused-ring (bicyclic) bond motifs is 1. The molecule has 1 unspecified atom stereocenters. The van der Waals surface area contributed by atoms with E-state index < -0.39 is 0 Å². The molecule has 6 nitrogen and oxygen atoms in total. The molecule has 2 aromatic heterocycles. The van der Waals surface area contributed by atoms with Crippen molar-refractivity contribution < 1.29 is 0 Å². The van der Waals surface area contributed by atoms with Gasteiger partial charge in [-0.1, -0.05) is 61.4 Å². The van der Waals surface area contributed by atoms with Crippen LogP contribution in [0.2, 0.25) is 0 Å². The van der Waals surface area contributed by atoms with Crippen LogP contribution in [0.25, 0.3) is 16.9 Å². The molecule has 1 saturated carbocycles. The second kappa shape index (κ2) is 7.44. The maximum atomic E-state index is 13.6. The normalized spacial score (nSPS) is 15.6. The van der Waals surface area contributed by atoms with E-state index in [0.29, 0.717) is 11.2 Å². The Morgan fingerprint density at radius 2 is 1.57 bits per heavy atom. The van der Waals surface area contributed by atoms with Crippen molar-refractivity contribution in [3.63, 3.8) is 0 Å². The first-order valence-electron chi connectivity index (χ1n) is 10.5. The van der Waals surface area contributed by atoms with Crippen LogP contribution in [0, 0.1) is 0 Å². The van der Waals surface area contributed by atoms with Gasteiger partial charge in [-0.2, -0.15) is 0 Å². The van der Waals surface area contributed by atoms with Crippen LogP contribution in [0.1, 0.15) is 50.3 Å². The fourth-order valence-electron chi connectivity index (χ4n) is 4.60. The molecule has 5 rings (SSSR count). The van der Waals surface area contributed by atoms with Crippen LogP contribution in [0.15, 0.2) is 76.6 Å². The minimum absolute atomic E-state index is 0.0558. The van der Waals surface area contributed by atoms with E-state index in [-0.39, 0.29) is 23.3 Å². The highest BCUT2D eigenvalue weighted by Gasteiger charge is 2.27. The molecule has 152 valence electrons. The van der Waals surface area contributed by atoms with Crippen molar-refractivity contribution in [2.45, 2.75) is 44.7 Å². The van der Waals surface area contributed by atoms with Gasteiger partial charge in [0.25, 0.3) is 5.56 Å². The van der Waals surface area contributed by atoms with Crippen molar-refractivity contribution in [3.05, 3.63) is 93.4 Å². The average Bonchev–Trinajstić information content (AvgIpc) is 3.45. The zero-order valence-electron chi connectivity index (χ0n) is 16.9. The van der Waals surface area contributed by atoms with Gasteiger partial charge in [-0.15, -0.1) is 0 Å². The second-order valence-corrected chi connectivity index (χ2v) is 7.98. The molecule has 1 aliphatic carbocycles. The van der Waals surface area contributed by atoms with Gasteiger partial charge in [0.2, 0.25) is 0 Å². The SMILES string of the molecule is CC(c1ccccc1)n1cnc2c1c(=O)n(C1CCCC1)c(=O)n2-c1ccccc1. The number of imidazole rings is 1. The fourth-order valence-corrected chi connectivity index (χ4v) is 4.60. The molecule has 4 aromatic rings. The van der Waals surface area contributed by atoms with Gasteiger partial charge in [0, 0.05) is 6.04 Å². The number of rotatable bonds is 4. The summed E-state index contributed by atoms with van der Waals surface area (Å²) < 4.78 is 4.96. The van der Waals surface area contributed by atoms with Crippen molar-refractivity contribution in [2.75, 3.05) is 0 Å². The molecule has 0 saturated heterocycles. The largest absolute Gasteiger partial charge is 0.337 e. The van der Waals surface area contributed by atoms with E-state index in [1.54, 1.807) is 10.9 Å². The van der Waals surface area contributed by atoms with E-state index in [9.17, 15) is 9.59 Å². The Hall–Kier alpha value is -3.41. The maximum absolute atomic E-state index is 13.6. The van der Waals surface area contributed by atoms with Crippen molar-refractivity contribution in [1.82, 2.24) is 18.7 Å². The van der Waals surface area contributed by atoms with E-state index >= 15 is 0 Å². The van der Waals surface area contributed by atoms with Crippen molar-refractivity contribution in [2.24, 2.45) is 0 Å². The van der Waals surface area contributed by atoms with Crippen LogP contribution in [-0.2, 0) is 0 Å². The lowest BCUT2D eigenvalue weighted by Crippen LogP contribution is -2.42. The van der Waals surface area contributed by atoms with Crippen LogP contribution in [0.5, 0.6) is 0 Å². The first-order valence-corrected chi connectivity index (χ1v) is 10.5. The number of hydrogen-bond acceptors (Lipinski definition) is 3. The van der Waals surface area contributed by atoms with Crippen LogP contribution in [0.4, 0.5) is 0 Å². The molecule has 6 heteroatoms. The number of benzene rings is 2. The van der Waals surface area contributed by atoms with E-state index in [4.69, 9.17) is 0 Å². The standard InChI is InChI=1S/C24H24N4O2/c1-17(18-10-4-2-5-11-18)26-16-25-22-21(26)23(29)28(20-14-8-9-15-20)24(30)27(22)19-12-6-3-7-13-19/h2-7,10-13,16-17,20H,8-9,14-15H2,1H3. The third kappa shape index (κ3) is 2.91. The first-order chi connectivity index (χ1) is 14.7. The second-order valence-electron chi connectivity index (χ2n) is 7.98. The smallest absolute Gasteiger partial charge is 0.317 e. The summed E-state index contributed by atoms with van der Waals surface area (Å²) >= 11 is 0. The quantitative estimate of drug-likeness (QED) is 0.519. The molecule has 1 fully saturated rings. The monoisotopic (exact) mass is 400 g/mol. The predicted octanol–water partition coefficient (Wildman–Crippen LogP) is 4.07. The van der Waals surface area contributed by atoms with E-state index in [1.807, 2.05) is 72.2 Å². The molecule has 2 heterocycles. The zero-order valence-corrected chi connectivity index (χ0v) is 16.9. The molecule has 0 aliphatic heterocycles. The van der Waals surface area contributed by atoms with Crippen LogP contribution in [0.3, 0.4) is 0 Å². The first kappa shape index (κ1) is 18.6. The Bertz CT molecular complexity index is 1300. The highest BCUT2D eigenvalue weighted by molar-refractivity contribution is 5.73. The van der Waals surface area contributed by atoms with E-state index in [2.05, 4.69) is 4.98 Å². The minimum Gasteiger partial charge on any atom is -0.317 e. The highest BCUT2D eigenvalue weighted by atomic mass is 16.2. The summed E-state index contributed by atoms with van der Waals surface area (Å²) in [6.07, 6.45) is 5.48. The molecule has 0 radical (unpaired) electrons. The van der Waals surface area contributed by atoms with Crippen LogP contribution in [-0.4, -0.2) is 18.7 Å². The van der Waals surface area contributed by atoms with Gasteiger partial charge in [-0.25, -0.2) is 14.3 Å². The Labute approximate surface area is 174 Å². The molecule has 30 heavy (non-hydrogen) atoms. The Morgan fingerprint density at radius 3 is 2.23 bits per heavy atom. The van der Waals surface area contributed by atoms with Gasteiger partial charge >= 0.3 is 5.69 Å². The Balaban J connectivity index is 1.83. The predicted molar refractivity (Wildman–Crippen MR) is 117 cm³/mol. The van der Waals surface area contributed by atoms with Crippen molar-refractivity contribution in [1.29, 1.82) is 0 Å². The Kier molecular flexibility index (Phi) is 4.62. The van der Waals surface area contributed by atoms with Gasteiger partial charge in [0.05, 0.1) is 18.1 Å². The number of aromatic nitrogens is 4. The maximum Gasteiger partial charge on any atom is 0.337 e. The Morgan fingerprint density at radius 1 is 0.933 bits per heavy atom. The summed E-state index contributed by atoms with van der Waals surface area (Å²) in [6.45, 7) is 2.05. The number of para-hydroxylation sites is 1. The van der Waals surface area contributed by atoms with Crippen molar-refractivity contribution in [3.8, 4) is 5.69 Å². The summed E-state index contributed by atoms with van der Waals surface area (Å²) in [5, 5.41) is 0. The molecule has 2 aromatic carbocycles. The third-order valence-corrected chi connectivity index (χ3v) is 6.21. The van der Waals surface area contributed by atoms with Gasteiger partial charge in [0.15, 0.2) is 11.2 Å². The third-order valence-electron chi connectivity index (χ3n) is 6.21. The summed E-state index contributed by atoms with van der Waals surface area (Å²) in [5.41, 5.74) is 2.14. The van der Waals surface area contributed by atoms with Gasteiger partial charge in [-0.05, 0) is 37.5 Å². The number of hydrogen-bond donors (Lipinski definition) is 0. The summed E-state index contributed by atoms with van der Waals surface area (Å²) in [7, 11) is 0. The fraction of sp³-hybridized carbons (Fsp3) is 0.292. The van der Waals surface area contributed by atoms with Gasteiger partial charge < -0.3 is 4.57 Å². The molecule has 0 spiro atoms. The van der Waals surface area contributed by atoms with Gasteiger partial charge in [0.1, 0.15) is 0 Å². The minimum atomic E-state index is -0.303. The molecule has 1 aliphatic rings. The van der Waals surface area contributed by atoms with Crippen LogP contribution < -0.4 is 11.2 Å². The molecular weight excluding hydrogens is 376 g/mol. The molecule has 0 bridgehead atoms. The van der Waals surface area contributed by atoms with Gasteiger partial charge in [-0.3, -0.25) is 9.36 Å². The average molecular weight is 400 g/mol. The zero-order chi connectivity index (χ0) is 20.7. The summed E-state index contributed by atoms with van der Waals surface area (Å²) in [5.74, 6) is 0. The lowest BCUT2D eigenvalue weighted by atomic mass is 10.1. The summed E-state index contributed by atoms with van der Waals surface area (Å²) in [4.78, 5) is 31.7. The van der Waals surface area contributed by atoms with E-state index in [0.717, 1.165) is 36.9 Å². The molecule has 0 N–H and O–H groups in total.